The van der Waals surface area contributed by atoms with E-state index in [0.717, 1.165) is 5.57 Å². The third-order valence-electron chi connectivity index (χ3n) is 21.2. The average Bonchev–Trinajstić information content (AvgIpc) is 1.51. The lowest BCUT2D eigenvalue weighted by Gasteiger charge is -2.64. The summed E-state index contributed by atoms with van der Waals surface area (Å²) in [4.78, 5) is 27.4. The van der Waals surface area contributed by atoms with Crippen LogP contribution >= 0.6 is 0 Å². The number of hydrogen-bond donors (Lipinski definition) is 12. The SMILES string of the molecule is CO[C@@H]1[C@@H](O)[C@H](O[C@@H]2[C@@H](O)[C@H](O[C@H]3[C@H](O)[C@@H](O)[C@H](O[C@H]4[C@H](O[C@H]5CC[C@]6(C)C7=C[C@H](O)[C@]89C(=O)O[C@@](C)([C@H](CCC(C)C)OC(C)=O)[C@@]8(O)CC[C@@]9(C)[C@@H]7CC[C@@H]6C5(C)C)OC[C@@H](OS(=O)(=O)O)[C@@H]4O)O[C@@H]3C)O[C@H](CO)[C@H]2O)O[C@H](CO)[C@H]1O. The van der Waals surface area contributed by atoms with E-state index in [-0.39, 0.29) is 24.2 Å². The lowest BCUT2D eigenvalue weighted by atomic mass is 9.40. The Hall–Kier alpha value is -2.25. The maximum Gasteiger partial charge on any atom is 0.397 e. The van der Waals surface area contributed by atoms with Crippen LogP contribution in [-0.4, -0.2) is 254 Å². The van der Waals surface area contributed by atoms with Crippen molar-refractivity contribution >= 4 is 22.3 Å². The molecule has 1 spiro atoms. The van der Waals surface area contributed by atoms with E-state index < -0.39 is 210 Å². The number of esters is 2. The van der Waals surface area contributed by atoms with Crippen molar-refractivity contribution in [2.45, 2.75) is 260 Å². The van der Waals surface area contributed by atoms with Crippen molar-refractivity contribution in [2.24, 2.45) is 39.4 Å². The standard InChI is InChI=1S/C56H90O28S/c1-23(2)11-14-34(76-25(4)59)54(9)55(69)18-17-53(8)26-12-13-31-51(5,6)33(15-16-52(31,7)27(26)19-32(60)56(53,55)50(68)83-54)79-49-45(37(63)30(22-74-49)84-85(70,71)72)82-46-39(65)38(64)42(24(3)75-46)80-48-41(67)44(36(62)29(21-58)78-48)81-47-40(66)43(73-10)35(61)28(20-57)77-47/h19,23-24,26,28-49,57-58,60-67,69H,11-18,20-22H2,1-10H3,(H,70,71,72)/t24-,26-,28-,29-,30-,31-,32+,33+,34+,35-,36-,37+,38-,39-,40-,41-,42-,43+,44+,45-,46+,47+,48+,49+,52-,53+,54+,55+,56-/m1/s1. The quantitative estimate of drug-likeness (QED) is 0.0310. The molecule has 0 unspecified atom stereocenters. The van der Waals surface area contributed by atoms with Crippen molar-refractivity contribution in [3.63, 3.8) is 0 Å². The molecule has 29 heteroatoms. The molecule has 0 radical (unpaired) electrons. The number of allylic oxidation sites excluding steroid dienone is 1. The van der Waals surface area contributed by atoms with Gasteiger partial charge in [0.2, 0.25) is 0 Å². The molecule has 29 atom stereocenters. The molecular formula is C56H90O28S. The molecule has 0 aromatic heterocycles. The Labute approximate surface area is 493 Å². The molecule has 5 heterocycles. The fourth-order valence-corrected chi connectivity index (χ4v) is 17.2. The van der Waals surface area contributed by atoms with E-state index in [4.69, 9.17) is 56.3 Å². The minimum Gasteiger partial charge on any atom is -0.458 e. The van der Waals surface area contributed by atoms with Crippen molar-refractivity contribution in [3.8, 4) is 0 Å². The Bertz CT molecular complexity index is 2540. The zero-order valence-corrected chi connectivity index (χ0v) is 50.4. The molecule has 0 aromatic carbocycles. The zero-order valence-electron chi connectivity index (χ0n) is 49.6. The van der Waals surface area contributed by atoms with Crippen LogP contribution in [0.1, 0.15) is 114 Å². The van der Waals surface area contributed by atoms with Crippen molar-refractivity contribution in [3.05, 3.63) is 11.6 Å². The first-order valence-electron chi connectivity index (χ1n) is 29.5. The molecular weight excluding hydrogens is 1150 g/mol. The first kappa shape index (κ1) is 67.2. The highest BCUT2D eigenvalue weighted by Gasteiger charge is 2.87. The number of rotatable bonds is 18. The molecule has 0 amide bonds. The largest absolute Gasteiger partial charge is 0.458 e. The zero-order chi connectivity index (χ0) is 62.6. The van der Waals surface area contributed by atoms with E-state index in [1.807, 2.05) is 34.6 Å². The number of ether oxygens (including phenoxy) is 11. The maximum absolute atomic E-state index is 14.8. The van der Waals surface area contributed by atoms with Gasteiger partial charge in [0.15, 0.2) is 30.8 Å². The van der Waals surface area contributed by atoms with Crippen LogP contribution < -0.4 is 0 Å². The van der Waals surface area contributed by atoms with Crippen molar-refractivity contribution < 1.29 is 135 Å². The fraction of sp³-hybridized carbons (Fsp3) is 0.929. The van der Waals surface area contributed by atoms with Gasteiger partial charge in [0.25, 0.3) is 0 Å². The monoisotopic (exact) mass is 1240 g/mol. The summed E-state index contributed by atoms with van der Waals surface area (Å²) >= 11 is 0. The number of fused-ring (bicyclic) bond motifs is 4. The molecule has 5 saturated heterocycles. The molecule has 5 aliphatic heterocycles. The minimum absolute atomic E-state index is 0.0963. The molecule has 0 bridgehead atoms. The van der Waals surface area contributed by atoms with Gasteiger partial charge in [0, 0.05) is 14.0 Å². The van der Waals surface area contributed by atoms with Gasteiger partial charge in [-0.05, 0) is 99.2 Å². The van der Waals surface area contributed by atoms with Gasteiger partial charge in [-0.2, -0.15) is 8.42 Å². The van der Waals surface area contributed by atoms with E-state index in [1.54, 1.807) is 13.0 Å². The second kappa shape index (κ2) is 24.4. The van der Waals surface area contributed by atoms with Crippen molar-refractivity contribution in [1.82, 2.24) is 0 Å². The second-order valence-corrected chi connectivity index (χ2v) is 27.7. The Kier molecular flexibility index (Phi) is 19.3. The van der Waals surface area contributed by atoms with Gasteiger partial charge >= 0.3 is 22.3 Å². The number of carbonyl (C=O) groups excluding carboxylic acids is 2. The fourth-order valence-electron chi connectivity index (χ4n) is 16.7. The highest BCUT2D eigenvalue weighted by atomic mass is 32.3. The van der Waals surface area contributed by atoms with E-state index in [9.17, 15) is 78.7 Å². The van der Waals surface area contributed by atoms with Gasteiger partial charge in [0.05, 0.1) is 38.1 Å². The topological polar surface area (TPSA) is 422 Å². The molecule has 3 saturated carbocycles. The molecule has 4 aliphatic carbocycles. The summed E-state index contributed by atoms with van der Waals surface area (Å²) in [5.74, 6) is -1.60. The first-order chi connectivity index (χ1) is 39.6. The van der Waals surface area contributed by atoms with Gasteiger partial charge in [-0.25, -0.2) is 4.18 Å². The highest BCUT2D eigenvalue weighted by Crippen LogP contribution is 2.77. The van der Waals surface area contributed by atoms with E-state index in [0.29, 0.717) is 44.9 Å². The van der Waals surface area contributed by atoms with Crippen LogP contribution in [-0.2, 0) is 76.3 Å². The number of aliphatic hydroxyl groups excluding tert-OH is 10. The summed E-state index contributed by atoms with van der Waals surface area (Å²) in [5.41, 5.74) is -6.86. The Morgan fingerprint density at radius 2 is 1.31 bits per heavy atom. The molecule has 8 fully saturated rings. The molecule has 9 rings (SSSR count). The van der Waals surface area contributed by atoms with Crippen LogP contribution in [0.5, 0.6) is 0 Å². The van der Waals surface area contributed by atoms with Gasteiger partial charge < -0.3 is 108 Å². The maximum atomic E-state index is 14.8. The van der Waals surface area contributed by atoms with E-state index in [1.165, 1.54) is 21.0 Å². The van der Waals surface area contributed by atoms with Gasteiger partial charge in [-0.15, -0.1) is 0 Å². The van der Waals surface area contributed by atoms with E-state index in [2.05, 4.69) is 6.92 Å². The molecule has 85 heavy (non-hydrogen) atoms. The van der Waals surface area contributed by atoms with Crippen LogP contribution in [0.3, 0.4) is 0 Å². The predicted octanol–water partition coefficient (Wildman–Crippen LogP) is -1.85. The summed E-state index contributed by atoms with van der Waals surface area (Å²) in [5, 5.41) is 125. The average molecular weight is 1240 g/mol. The second-order valence-electron chi connectivity index (χ2n) is 26.7. The molecule has 9 aliphatic rings. The van der Waals surface area contributed by atoms with E-state index >= 15 is 0 Å². The summed E-state index contributed by atoms with van der Waals surface area (Å²) in [6, 6.07) is 0. The summed E-state index contributed by atoms with van der Waals surface area (Å²) < 4.78 is 104. The molecule has 488 valence electrons. The molecule has 0 aromatic rings. The Balaban J connectivity index is 0.922. The van der Waals surface area contributed by atoms with Crippen molar-refractivity contribution in [1.29, 1.82) is 0 Å². The summed E-state index contributed by atoms with van der Waals surface area (Å²) in [7, 11) is -4.04. The molecule has 12 N–H and O–H groups in total. The Morgan fingerprint density at radius 3 is 1.89 bits per heavy atom. The van der Waals surface area contributed by atoms with Crippen LogP contribution in [0.15, 0.2) is 11.6 Å². The number of hydrogen-bond acceptors (Lipinski definition) is 27. The third kappa shape index (κ3) is 11.1. The first-order valence-corrected chi connectivity index (χ1v) is 30.9. The normalized spacial score (nSPS) is 50.1. The number of aliphatic hydroxyl groups is 11. The molecule has 28 nitrogen and oxygen atoms in total. The summed E-state index contributed by atoms with van der Waals surface area (Å²) in [6.45, 7) is 14.1. The van der Waals surface area contributed by atoms with Crippen LogP contribution in [0, 0.1) is 39.4 Å². The lowest BCUT2D eigenvalue weighted by Crippen LogP contribution is -2.69. The third-order valence-corrected chi connectivity index (χ3v) is 21.7. The smallest absolute Gasteiger partial charge is 0.397 e. The van der Waals surface area contributed by atoms with Gasteiger partial charge in [-0.3, -0.25) is 14.1 Å². The lowest BCUT2D eigenvalue weighted by molar-refractivity contribution is -0.389. The minimum atomic E-state index is -5.21. The Morgan fingerprint density at radius 1 is 0.718 bits per heavy atom. The van der Waals surface area contributed by atoms with Gasteiger partial charge in [0.1, 0.15) is 103 Å². The predicted molar refractivity (Wildman–Crippen MR) is 285 cm³/mol. The number of carbonyl (C=O) groups is 2. The number of cyclic esters (lactones) is 1. The van der Waals surface area contributed by atoms with Crippen LogP contribution in [0.2, 0.25) is 0 Å². The van der Waals surface area contributed by atoms with Gasteiger partial charge in [-0.1, -0.05) is 53.2 Å². The highest BCUT2D eigenvalue weighted by molar-refractivity contribution is 7.80. The van der Waals surface area contributed by atoms with Crippen LogP contribution in [0.4, 0.5) is 0 Å². The summed E-state index contributed by atoms with van der Waals surface area (Å²) in [6.07, 6.45) is -30.7. The number of methoxy groups -OCH3 is 1. The van der Waals surface area contributed by atoms with Crippen LogP contribution in [0.25, 0.3) is 0 Å². The van der Waals surface area contributed by atoms with Crippen molar-refractivity contribution in [2.75, 3.05) is 26.9 Å².